The number of nitrogens with one attached hydrogen (secondary N) is 1. The van der Waals surface area contributed by atoms with Crippen LogP contribution in [-0.4, -0.2) is 41.1 Å². The fraction of sp³-hybridized carbons (Fsp3) is 0.222. The number of nitrogens with zero attached hydrogens (tertiary/aromatic N) is 3. The van der Waals surface area contributed by atoms with Crippen molar-refractivity contribution in [1.29, 1.82) is 0 Å². The highest BCUT2D eigenvalue weighted by Gasteiger charge is 2.35. The van der Waals surface area contributed by atoms with E-state index in [0.717, 1.165) is 17.7 Å². The maximum atomic E-state index is 14.1. The van der Waals surface area contributed by atoms with Gasteiger partial charge in [-0.05, 0) is 18.1 Å². The Morgan fingerprint density at radius 1 is 1.05 bits per heavy atom. The van der Waals surface area contributed by atoms with Crippen LogP contribution in [0.15, 0.2) is 71.7 Å². The van der Waals surface area contributed by atoms with Gasteiger partial charge in [0.25, 0.3) is 11.8 Å². The smallest absolute Gasteiger partial charge is 0.278 e. The summed E-state index contributed by atoms with van der Waals surface area (Å²) >= 11 is 0. The first-order chi connectivity index (χ1) is 17.9. The first-order valence-electron chi connectivity index (χ1n) is 11.8. The molecular formula is C27H24F2N4O4. The molecule has 2 aromatic carbocycles. The molecule has 5 rings (SSSR count). The van der Waals surface area contributed by atoms with Crippen LogP contribution in [0, 0.1) is 11.6 Å². The van der Waals surface area contributed by atoms with Crippen LogP contribution in [-0.2, 0) is 13.2 Å². The molecule has 0 unspecified atom stereocenters. The molecule has 0 radical (unpaired) electrons. The largest absolute Gasteiger partial charge is 0.482 e. The molecule has 2 aliphatic rings. The lowest BCUT2D eigenvalue weighted by Gasteiger charge is -2.40. The molecule has 2 bridgehead atoms. The summed E-state index contributed by atoms with van der Waals surface area (Å²) in [5.74, 6) is -2.93. The molecule has 37 heavy (non-hydrogen) atoms. The molecule has 0 fully saturated rings. The van der Waals surface area contributed by atoms with E-state index in [9.17, 15) is 23.2 Å². The van der Waals surface area contributed by atoms with E-state index in [4.69, 9.17) is 4.74 Å². The van der Waals surface area contributed by atoms with Crippen LogP contribution < -0.4 is 20.5 Å². The number of halogens is 2. The van der Waals surface area contributed by atoms with Gasteiger partial charge in [-0.3, -0.25) is 24.1 Å². The number of benzene rings is 2. The van der Waals surface area contributed by atoms with E-state index in [2.05, 4.69) is 5.32 Å². The molecular weight excluding hydrogens is 482 g/mol. The molecule has 2 aliphatic heterocycles. The van der Waals surface area contributed by atoms with Gasteiger partial charge in [0.2, 0.25) is 5.43 Å². The molecule has 0 spiro atoms. The predicted molar refractivity (Wildman–Crippen MR) is 132 cm³/mol. The number of carbonyl (C=O) groups excluding carboxylic acids is 2. The van der Waals surface area contributed by atoms with Crippen LogP contribution in [0.25, 0.3) is 0 Å². The molecule has 0 aliphatic carbocycles. The maximum absolute atomic E-state index is 14.1. The predicted octanol–water partition coefficient (Wildman–Crippen LogP) is 2.95. The number of ether oxygens (including phenoxy) is 1. The standard InChI is InChI=1S/C27H24F2N4O4/c28-20-10-9-19(22(29)13-20)14-30-26(35)21-15-33-23(27(36)31-11-5-2-6-12-32(33)17-31)25(24(21)34)37-16-18-7-3-1-4-8-18/h1-5,7-10,13,15H,6,11-12,14,16-17H2,(H,30,35)/b5-2-. The maximum Gasteiger partial charge on any atom is 0.278 e. The molecule has 8 nitrogen and oxygen atoms in total. The zero-order valence-electron chi connectivity index (χ0n) is 19.8. The Kier molecular flexibility index (Phi) is 6.72. The number of carbonyl (C=O) groups is 2. The molecule has 1 aromatic heterocycles. The number of pyridine rings is 1. The summed E-state index contributed by atoms with van der Waals surface area (Å²) in [6, 6.07) is 12.2. The second-order valence-corrected chi connectivity index (χ2v) is 8.75. The third-order valence-corrected chi connectivity index (χ3v) is 6.25. The minimum absolute atomic E-state index is 0.0160. The third kappa shape index (κ3) is 4.95. The summed E-state index contributed by atoms with van der Waals surface area (Å²) in [6.07, 6.45) is 5.91. The van der Waals surface area contributed by atoms with Crippen LogP contribution in [0.4, 0.5) is 8.78 Å². The van der Waals surface area contributed by atoms with E-state index in [0.29, 0.717) is 19.5 Å². The van der Waals surface area contributed by atoms with Crippen molar-refractivity contribution in [3.8, 4) is 5.75 Å². The Labute approximate surface area is 211 Å². The number of rotatable bonds is 6. The van der Waals surface area contributed by atoms with Gasteiger partial charge in [0.05, 0.1) is 0 Å². The SMILES string of the molecule is O=C(NCc1ccc(F)cc1F)c1cn2c(c(OCc3ccccc3)c1=O)C(=O)N1C/C=C\CCN2C1. The normalized spacial score (nSPS) is 15.5. The Morgan fingerprint density at radius 2 is 1.86 bits per heavy atom. The quantitative estimate of drug-likeness (QED) is 0.520. The van der Waals surface area contributed by atoms with Crippen LogP contribution in [0.1, 0.15) is 38.4 Å². The van der Waals surface area contributed by atoms with Crippen LogP contribution in [0.5, 0.6) is 5.75 Å². The summed E-state index contributed by atoms with van der Waals surface area (Å²) in [5, 5.41) is 4.37. The molecule has 0 saturated heterocycles. The van der Waals surface area contributed by atoms with Crippen molar-refractivity contribution < 1.29 is 23.1 Å². The summed E-state index contributed by atoms with van der Waals surface area (Å²) in [5.41, 5.74) is -0.114. The molecule has 190 valence electrons. The molecule has 0 atom stereocenters. The summed E-state index contributed by atoms with van der Waals surface area (Å²) in [4.78, 5) is 41.6. The molecule has 3 heterocycles. The topological polar surface area (TPSA) is 83.9 Å². The summed E-state index contributed by atoms with van der Waals surface area (Å²) in [7, 11) is 0. The van der Waals surface area contributed by atoms with Gasteiger partial charge in [-0.15, -0.1) is 0 Å². The van der Waals surface area contributed by atoms with Crippen molar-refractivity contribution in [3.63, 3.8) is 0 Å². The molecule has 2 amide bonds. The van der Waals surface area contributed by atoms with Gasteiger partial charge in [-0.1, -0.05) is 48.6 Å². The van der Waals surface area contributed by atoms with Crippen molar-refractivity contribution in [2.75, 3.05) is 24.8 Å². The van der Waals surface area contributed by atoms with Crippen molar-refractivity contribution in [1.82, 2.24) is 14.9 Å². The Hall–Kier alpha value is -4.47. The van der Waals surface area contributed by atoms with Gasteiger partial charge in [0.1, 0.15) is 30.5 Å². The fourth-order valence-electron chi connectivity index (χ4n) is 4.30. The van der Waals surface area contributed by atoms with E-state index >= 15 is 0 Å². The Morgan fingerprint density at radius 3 is 2.65 bits per heavy atom. The number of hydrogen-bond donors (Lipinski definition) is 1. The zero-order chi connectivity index (χ0) is 25.9. The minimum atomic E-state index is -0.811. The van der Waals surface area contributed by atoms with Gasteiger partial charge in [-0.2, -0.15) is 0 Å². The van der Waals surface area contributed by atoms with E-state index in [1.54, 1.807) is 4.90 Å². The van der Waals surface area contributed by atoms with E-state index in [-0.39, 0.29) is 48.3 Å². The van der Waals surface area contributed by atoms with E-state index in [1.165, 1.54) is 16.9 Å². The Bertz CT molecular complexity index is 1440. The lowest BCUT2D eigenvalue weighted by molar-refractivity contribution is 0.0701. The van der Waals surface area contributed by atoms with Crippen LogP contribution >= 0.6 is 0 Å². The van der Waals surface area contributed by atoms with Crippen molar-refractivity contribution in [2.45, 2.75) is 19.6 Å². The fourth-order valence-corrected chi connectivity index (χ4v) is 4.30. The molecule has 1 N–H and O–H groups in total. The minimum Gasteiger partial charge on any atom is -0.482 e. The second kappa shape index (κ2) is 10.3. The van der Waals surface area contributed by atoms with Crippen molar-refractivity contribution in [2.24, 2.45) is 0 Å². The molecule has 3 aromatic rings. The first-order valence-corrected chi connectivity index (χ1v) is 11.8. The zero-order valence-corrected chi connectivity index (χ0v) is 19.8. The van der Waals surface area contributed by atoms with Gasteiger partial charge in [0, 0.05) is 37.5 Å². The van der Waals surface area contributed by atoms with E-state index < -0.39 is 23.0 Å². The summed E-state index contributed by atoms with van der Waals surface area (Å²) in [6.45, 7) is 0.956. The van der Waals surface area contributed by atoms with Gasteiger partial charge in [-0.25, -0.2) is 8.78 Å². The highest BCUT2D eigenvalue weighted by Crippen LogP contribution is 2.24. The first kappa shape index (κ1) is 24.2. The van der Waals surface area contributed by atoms with Gasteiger partial charge < -0.3 is 15.0 Å². The summed E-state index contributed by atoms with van der Waals surface area (Å²) < 4.78 is 34.7. The average Bonchev–Trinajstić information content (AvgIpc) is 2.87. The van der Waals surface area contributed by atoms with Crippen molar-refractivity contribution >= 4 is 11.8 Å². The number of fused-ring (bicyclic) bond motifs is 4. The van der Waals surface area contributed by atoms with Crippen LogP contribution in [0.2, 0.25) is 0 Å². The Balaban J connectivity index is 1.53. The van der Waals surface area contributed by atoms with Crippen LogP contribution in [0.3, 0.4) is 0 Å². The highest BCUT2D eigenvalue weighted by molar-refractivity contribution is 5.99. The van der Waals surface area contributed by atoms with E-state index in [1.807, 2.05) is 47.5 Å². The van der Waals surface area contributed by atoms with Gasteiger partial charge >= 0.3 is 0 Å². The van der Waals surface area contributed by atoms with Gasteiger partial charge in [0.15, 0.2) is 11.4 Å². The number of aromatic nitrogens is 1. The number of amides is 2. The third-order valence-electron chi connectivity index (χ3n) is 6.25. The molecule has 0 saturated carbocycles. The lowest BCUT2D eigenvalue weighted by Crippen LogP contribution is -2.55. The second-order valence-electron chi connectivity index (χ2n) is 8.75. The average molecular weight is 507 g/mol. The highest BCUT2D eigenvalue weighted by atomic mass is 19.1. The number of hydrogen-bond acceptors (Lipinski definition) is 5. The molecule has 10 heteroatoms. The van der Waals surface area contributed by atoms with Crippen molar-refractivity contribution in [3.05, 3.63) is 111 Å². The lowest BCUT2D eigenvalue weighted by atomic mass is 10.1. The monoisotopic (exact) mass is 506 g/mol.